The van der Waals surface area contributed by atoms with Gasteiger partial charge < -0.3 is 15.1 Å². The number of fused-ring (bicyclic) bond motifs is 1. The maximum atomic E-state index is 12.3. The lowest BCUT2D eigenvalue weighted by Crippen LogP contribution is -2.10. The third-order valence-corrected chi connectivity index (χ3v) is 3.44. The normalized spacial score (nSPS) is 10.8. The molecule has 0 saturated heterocycles. The molecule has 1 aromatic heterocycles. The Kier molecular flexibility index (Phi) is 3.14. The summed E-state index contributed by atoms with van der Waals surface area (Å²) in [5.74, 6) is 0.544. The van der Waals surface area contributed by atoms with Crippen molar-refractivity contribution in [2.75, 3.05) is 24.7 Å². The lowest BCUT2D eigenvalue weighted by molar-refractivity contribution is 0.619. The van der Waals surface area contributed by atoms with Crippen molar-refractivity contribution in [3.63, 3.8) is 0 Å². The zero-order valence-corrected chi connectivity index (χ0v) is 12.0. The minimum Gasteiger partial charge on any atom is -0.456 e. The highest BCUT2D eigenvalue weighted by molar-refractivity contribution is 5.90. The Hall–Kier alpha value is -2.75. The number of nitrogen functional groups attached to an aromatic ring is 1. The van der Waals surface area contributed by atoms with Gasteiger partial charge in [0, 0.05) is 37.1 Å². The van der Waals surface area contributed by atoms with Gasteiger partial charge >= 0.3 is 0 Å². The number of hydrogen-bond acceptors (Lipinski definition) is 4. The van der Waals surface area contributed by atoms with Crippen molar-refractivity contribution in [1.82, 2.24) is 0 Å². The van der Waals surface area contributed by atoms with E-state index in [1.165, 1.54) is 6.07 Å². The summed E-state index contributed by atoms with van der Waals surface area (Å²) in [4.78, 5) is 14.3. The standard InChI is InChI=1S/C17H16N2O2/c1-19(2)13-8-4-3-6-11(13)16-10-14(20)17-12(18)7-5-9-15(17)21-16/h3-10H,18H2,1-2H3. The molecule has 0 atom stereocenters. The zero-order valence-electron chi connectivity index (χ0n) is 12.0. The second-order valence-corrected chi connectivity index (χ2v) is 5.11. The molecule has 0 amide bonds. The molecule has 1 heterocycles. The molecule has 4 nitrogen and oxygen atoms in total. The Bertz CT molecular complexity index is 866. The SMILES string of the molecule is CN(C)c1ccccc1-c1cc(=O)c2c(N)cccc2o1. The van der Waals surface area contributed by atoms with Gasteiger partial charge in [0.15, 0.2) is 5.43 Å². The van der Waals surface area contributed by atoms with Gasteiger partial charge in [-0.15, -0.1) is 0 Å². The zero-order chi connectivity index (χ0) is 15.0. The molecule has 0 aliphatic rings. The quantitative estimate of drug-likeness (QED) is 0.733. The third-order valence-electron chi connectivity index (χ3n) is 3.44. The number of nitrogens with two attached hydrogens (primary N) is 1. The van der Waals surface area contributed by atoms with Gasteiger partial charge in [0.1, 0.15) is 11.3 Å². The van der Waals surface area contributed by atoms with Crippen LogP contribution in [-0.2, 0) is 0 Å². The lowest BCUT2D eigenvalue weighted by Gasteiger charge is -2.16. The number of nitrogens with zero attached hydrogens (tertiary/aromatic N) is 1. The maximum absolute atomic E-state index is 12.3. The van der Waals surface area contributed by atoms with E-state index in [2.05, 4.69) is 0 Å². The molecule has 0 aliphatic heterocycles. The fourth-order valence-corrected chi connectivity index (χ4v) is 2.44. The van der Waals surface area contributed by atoms with Crippen molar-refractivity contribution in [2.24, 2.45) is 0 Å². The van der Waals surface area contributed by atoms with Gasteiger partial charge in [0.25, 0.3) is 0 Å². The molecular weight excluding hydrogens is 264 g/mol. The third kappa shape index (κ3) is 2.25. The van der Waals surface area contributed by atoms with E-state index in [0.29, 0.717) is 22.4 Å². The van der Waals surface area contributed by atoms with Gasteiger partial charge in [-0.1, -0.05) is 18.2 Å². The maximum Gasteiger partial charge on any atom is 0.195 e. The molecule has 0 radical (unpaired) electrons. The van der Waals surface area contributed by atoms with Crippen LogP contribution in [0.3, 0.4) is 0 Å². The average molecular weight is 280 g/mol. The van der Waals surface area contributed by atoms with Gasteiger partial charge in [0.05, 0.1) is 5.39 Å². The Morgan fingerprint density at radius 2 is 1.81 bits per heavy atom. The van der Waals surface area contributed by atoms with Crippen LogP contribution in [0.25, 0.3) is 22.3 Å². The highest BCUT2D eigenvalue weighted by Gasteiger charge is 2.12. The largest absolute Gasteiger partial charge is 0.456 e. The van der Waals surface area contributed by atoms with Crippen LogP contribution in [0, 0.1) is 0 Å². The molecule has 2 N–H and O–H groups in total. The second-order valence-electron chi connectivity index (χ2n) is 5.11. The molecule has 2 aromatic carbocycles. The van der Waals surface area contributed by atoms with Gasteiger partial charge in [-0.2, -0.15) is 0 Å². The van der Waals surface area contributed by atoms with Crippen molar-refractivity contribution in [3.05, 3.63) is 58.8 Å². The minimum atomic E-state index is -0.127. The highest BCUT2D eigenvalue weighted by atomic mass is 16.3. The van der Waals surface area contributed by atoms with Gasteiger partial charge in [0.2, 0.25) is 0 Å². The predicted octanol–water partition coefficient (Wildman–Crippen LogP) is 3.11. The van der Waals surface area contributed by atoms with E-state index in [1.54, 1.807) is 18.2 Å². The Labute approximate surface area is 122 Å². The van der Waals surface area contributed by atoms with Crippen molar-refractivity contribution in [1.29, 1.82) is 0 Å². The highest BCUT2D eigenvalue weighted by Crippen LogP contribution is 2.31. The number of anilines is 2. The molecule has 0 saturated carbocycles. The van der Waals surface area contributed by atoms with E-state index in [9.17, 15) is 4.79 Å². The van der Waals surface area contributed by atoms with Gasteiger partial charge in [-0.05, 0) is 24.3 Å². The van der Waals surface area contributed by atoms with Crippen LogP contribution in [0.5, 0.6) is 0 Å². The first-order valence-corrected chi connectivity index (χ1v) is 6.67. The summed E-state index contributed by atoms with van der Waals surface area (Å²) >= 11 is 0. The molecule has 0 unspecified atom stereocenters. The average Bonchev–Trinajstić information content (AvgIpc) is 2.47. The fourth-order valence-electron chi connectivity index (χ4n) is 2.44. The molecule has 0 aliphatic carbocycles. The van der Waals surface area contributed by atoms with Crippen LogP contribution in [0.1, 0.15) is 0 Å². The Morgan fingerprint density at radius 3 is 2.57 bits per heavy atom. The van der Waals surface area contributed by atoms with Crippen LogP contribution in [0.15, 0.2) is 57.7 Å². The predicted molar refractivity (Wildman–Crippen MR) is 86.7 cm³/mol. The Balaban J connectivity index is 2.30. The lowest BCUT2D eigenvalue weighted by atomic mass is 10.1. The number of hydrogen-bond donors (Lipinski definition) is 1. The number of benzene rings is 2. The molecule has 0 spiro atoms. The molecule has 0 fully saturated rings. The fraction of sp³-hybridized carbons (Fsp3) is 0.118. The van der Waals surface area contributed by atoms with Crippen molar-refractivity contribution in [2.45, 2.75) is 0 Å². The molecule has 21 heavy (non-hydrogen) atoms. The summed E-state index contributed by atoms with van der Waals surface area (Å²) < 4.78 is 5.89. The van der Waals surface area contributed by atoms with Crippen LogP contribution < -0.4 is 16.1 Å². The molecular formula is C17H16N2O2. The van der Waals surface area contributed by atoms with Crippen molar-refractivity contribution >= 4 is 22.3 Å². The Morgan fingerprint density at radius 1 is 1.05 bits per heavy atom. The summed E-state index contributed by atoms with van der Waals surface area (Å²) in [6, 6.07) is 14.5. The first kappa shape index (κ1) is 13.2. The van der Waals surface area contributed by atoms with E-state index >= 15 is 0 Å². The van der Waals surface area contributed by atoms with E-state index in [0.717, 1.165) is 11.3 Å². The topological polar surface area (TPSA) is 59.5 Å². The number of para-hydroxylation sites is 1. The first-order valence-electron chi connectivity index (χ1n) is 6.67. The summed E-state index contributed by atoms with van der Waals surface area (Å²) in [6.07, 6.45) is 0. The van der Waals surface area contributed by atoms with E-state index in [-0.39, 0.29) is 5.43 Å². The minimum absolute atomic E-state index is 0.127. The first-order chi connectivity index (χ1) is 10.1. The monoisotopic (exact) mass is 280 g/mol. The molecule has 0 bridgehead atoms. The molecule has 3 aromatic rings. The van der Waals surface area contributed by atoms with Crippen LogP contribution in [-0.4, -0.2) is 14.1 Å². The van der Waals surface area contributed by atoms with Gasteiger partial charge in [-0.25, -0.2) is 0 Å². The molecule has 4 heteroatoms. The number of rotatable bonds is 2. The molecule has 106 valence electrons. The van der Waals surface area contributed by atoms with E-state index < -0.39 is 0 Å². The summed E-state index contributed by atoms with van der Waals surface area (Å²) in [5.41, 5.74) is 8.54. The van der Waals surface area contributed by atoms with Crippen LogP contribution in [0.2, 0.25) is 0 Å². The molecule has 3 rings (SSSR count). The van der Waals surface area contributed by atoms with Gasteiger partial charge in [-0.3, -0.25) is 4.79 Å². The van der Waals surface area contributed by atoms with Crippen molar-refractivity contribution < 1.29 is 4.42 Å². The van der Waals surface area contributed by atoms with E-state index in [4.69, 9.17) is 10.2 Å². The van der Waals surface area contributed by atoms with Crippen LogP contribution >= 0.6 is 0 Å². The smallest absolute Gasteiger partial charge is 0.195 e. The second kappa shape index (κ2) is 4.98. The van der Waals surface area contributed by atoms with Crippen molar-refractivity contribution in [3.8, 4) is 11.3 Å². The van der Waals surface area contributed by atoms with E-state index in [1.807, 2.05) is 43.3 Å². The summed E-state index contributed by atoms with van der Waals surface area (Å²) in [5, 5.41) is 0.434. The summed E-state index contributed by atoms with van der Waals surface area (Å²) in [6.45, 7) is 0. The summed E-state index contributed by atoms with van der Waals surface area (Å²) in [7, 11) is 3.91. The van der Waals surface area contributed by atoms with Crippen LogP contribution in [0.4, 0.5) is 11.4 Å².